The molecule has 3 nitrogen and oxygen atoms in total. The summed E-state index contributed by atoms with van der Waals surface area (Å²) in [5.41, 5.74) is 0.331. The minimum absolute atomic E-state index is 0.125. The molecule has 1 rings (SSSR count). The second-order valence-electron chi connectivity index (χ2n) is 4.58. The minimum Gasteiger partial charge on any atom is -0.385 e. The second-order valence-corrected chi connectivity index (χ2v) is 4.58. The molecule has 0 fully saturated rings. The molecule has 0 saturated heterocycles. The maximum atomic E-state index is 11.6. The molecule has 0 aromatic carbocycles. The molecule has 1 aliphatic heterocycles. The van der Waals surface area contributed by atoms with Crippen LogP contribution in [0, 0.1) is 5.41 Å². The predicted molar refractivity (Wildman–Crippen MR) is 56.3 cm³/mol. The number of aliphatic hydroxyl groups is 1. The number of Topliss-reactive ketones (excluding diaryl/α,β-unsaturated/α-hetero) is 1. The number of carbonyl (C=O) groups is 1. The van der Waals surface area contributed by atoms with E-state index < -0.39 is 11.5 Å². The van der Waals surface area contributed by atoms with Crippen LogP contribution < -0.4 is 0 Å². The van der Waals surface area contributed by atoms with E-state index in [0.29, 0.717) is 6.42 Å². The normalized spacial score (nSPS) is 18.1. The summed E-state index contributed by atoms with van der Waals surface area (Å²) in [5, 5.41) is 9.65. The van der Waals surface area contributed by atoms with Crippen molar-refractivity contribution >= 4 is 12.0 Å². The van der Waals surface area contributed by atoms with E-state index in [0.717, 1.165) is 12.1 Å². The molecule has 1 atom stereocenters. The van der Waals surface area contributed by atoms with Gasteiger partial charge in [0.25, 0.3) is 0 Å². The molecule has 1 heterocycles. The van der Waals surface area contributed by atoms with E-state index >= 15 is 0 Å². The van der Waals surface area contributed by atoms with E-state index in [1.165, 1.54) is 0 Å². The summed E-state index contributed by atoms with van der Waals surface area (Å²) in [6.45, 7) is 5.43. The lowest BCUT2D eigenvalue weighted by Gasteiger charge is -2.20. The first-order valence-electron chi connectivity index (χ1n) is 4.85. The average Bonchev–Trinajstić information content (AvgIpc) is 2.53. The SMILES string of the molecule is CC(C)(C)C(=O)[C@@H](O)CC1=CCC=N1. The second kappa shape index (κ2) is 4.05. The van der Waals surface area contributed by atoms with E-state index in [2.05, 4.69) is 4.99 Å². The summed E-state index contributed by atoms with van der Waals surface area (Å²) in [5.74, 6) is -0.125. The minimum atomic E-state index is -0.920. The van der Waals surface area contributed by atoms with Gasteiger partial charge in [-0.05, 0) is 0 Å². The Labute approximate surface area is 84.5 Å². The van der Waals surface area contributed by atoms with Crippen molar-refractivity contribution in [2.75, 3.05) is 0 Å². The molecule has 0 aromatic rings. The molecule has 14 heavy (non-hydrogen) atoms. The zero-order valence-corrected chi connectivity index (χ0v) is 8.95. The highest BCUT2D eigenvalue weighted by Crippen LogP contribution is 2.21. The maximum Gasteiger partial charge on any atom is 0.166 e. The molecule has 0 bridgehead atoms. The Balaban J connectivity index is 2.54. The van der Waals surface area contributed by atoms with Crippen LogP contribution in [0.15, 0.2) is 16.8 Å². The van der Waals surface area contributed by atoms with Gasteiger partial charge in [0.2, 0.25) is 0 Å². The van der Waals surface area contributed by atoms with Gasteiger partial charge in [0.15, 0.2) is 5.78 Å². The third kappa shape index (κ3) is 2.77. The summed E-state index contributed by atoms with van der Waals surface area (Å²) < 4.78 is 0. The van der Waals surface area contributed by atoms with Crippen molar-refractivity contribution in [1.82, 2.24) is 0 Å². The Bertz CT molecular complexity index is 284. The maximum absolute atomic E-state index is 11.6. The first-order valence-corrected chi connectivity index (χ1v) is 4.85. The van der Waals surface area contributed by atoms with Gasteiger partial charge in [-0.25, -0.2) is 0 Å². The Morgan fingerprint density at radius 1 is 1.64 bits per heavy atom. The summed E-state index contributed by atoms with van der Waals surface area (Å²) in [6.07, 6.45) is 3.94. The highest BCUT2D eigenvalue weighted by molar-refractivity contribution is 5.88. The van der Waals surface area contributed by atoms with E-state index in [1.54, 1.807) is 6.21 Å². The van der Waals surface area contributed by atoms with Crippen molar-refractivity contribution in [3.8, 4) is 0 Å². The number of hydrogen-bond acceptors (Lipinski definition) is 3. The van der Waals surface area contributed by atoms with Crippen LogP contribution in [0.2, 0.25) is 0 Å². The van der Waals surface area contributed by atoms with E-state index in [-0.39, 0.29) is 5.78 Å². The quantitative estimate of drug-likeness (QED) is 0.745. The van der Waals surface area contributed by atoms with E-state index in [9.17, 15) is 9.90 Å². The smallest absolute Gasteiger partial charge is 0.166 e. The molecule has 78 valence electrons. The van der Waals surface area contributed by atoms with Gasteiger partial charge in [-0.2, -0.15) is 0 Å². The number of hydrogen-bond donors (Lipinski definition) is 1. The van der Waals surface area contributed by atoms with Crippen molar-refractivity contribution in [3.05, 3.63) is 11.8 Å². The number of allylic oxidation sites excluding steroid dienone is 1. The number of ketones is 1. The third-order valence-electron chi connectivity index (χ3n) is 2.16. The molecule has 1 N–H and O–H groups in total. The number of nitrogens with zero attached hydrogens (tertiary/aromatic N) is 1. The van der Waals surface area contributed by atoms with Crippen LogP contribution in [0.25, 0.3) is 0 Å². The van der Waals surface area contributed by atoms with Gasteiger partial charge in [0.1, 0.15) is 6.10 Å². The van der Waals surface area contributed by atoms with Crippen molar-refractivity contribution in [2.45, 2.75) is 39.7 Å². The standard InChI is InChI=1S/C11H17NO2/c1-11(2,3)10(14)9(13)7-8-5-4-6-12-8/h5-6,9,13H,4,7H2,1-3H3/t9-/m0/s1. The fourth-order valence-electron chi connectivity index (χ4n) is 1.34. The van der Waals surface area contributed by atoms with E-state index in [1.807, 2.05) is 26.8 Å². The van der Waals surface area contributed by atoms with Gasteiger partial charge >= 0.3 is 0 Å². The summed E-state index contributed by atoms with van der Waals surface area (Å²) in [6, 6.07) is 0. The highest BCUT2D eigenvalue weighted by atomic mass is 16.3. The largest absolute Gasteiger partial charge is 0.385 e. The molecule has 0 saturated carbocycles. The van der Waals surface area contributed by atoms with Crippen LogP contribution >= 0.6 is 0 Å². The molecule has 0 aliphatic carbocycles. The van der Waals surface area contributed by atoms with Crippen LogP contribution in [0.3, 0.4) is 0 Å². The molecular weight excluding hydrogens is 178 g/mol. The topological polar surface area (TPSA) is 49.7 Å². The zero-order valence-electron chi connectivity index (χ0n) is 8.95. The van der Waals surface area contributed by atoms with Gasteiger partial charge in [0, 0.05) is 30.2 Å². The molecule has 3 heteroatoms. The lowest BCUT2D eigenvalue weighted by Crippen LogP contribution is -2.32. The Morgan fingerprint density at radius 3 is 2.71 bits per heavy atom. The first-order chi connectivity index (χ1) is 6.41. The van der Waals surface area contributed by atoms with Crippen LogP contribution in [-0.2, 0) is 4.79 Å². The number of aliphatic imine (C=N–C) groups is 1. The number of carbonyl (C=O) groups excluding carboxylic acids is 1. The first kappa shape index (κ1) is 11.1. The van der Waals surface area contributed by atoms with Crippen LogP contribution in [0.5, 0.6) is 0 Å². The lowest BCUT2D eigenvalue weighted by molar-refractivity contribution is -0.134. The van der Waals surface area contributed by atoms with Crippen LogP contribution in [0.1, 0.15) is 33.6 Å². The van der Waals surface area contributed by atoms with Crippen molar-refractivity contribution < 1.29 is 9.90 Å². The predicted octanol–water partition coefficient (Wildman–Crippen LogP) is 1.71. The van der Waals surface area contributed by atoms with Crippen LogP contribution in [-0.4, -0.2) is 23.2 Å². The van der Waals surface area contributed by atoms with Crippen molar-refractivity contribution in [1.29, 1.82) is 0 Å². The Morgan fingerprint density at radius 2 is 2.29 bits per heavy atom. The summed E-state index contributed by atoms with van der Waals surface area (Å²) in [4.78, 5) is 15.7. The zero-order chi connectivity index (χ0) is 10.8. The Hall–Kier alpha value is -0.960. The molecule has 0 radical (unpaired) electrons. The van der Waals surface area contributed by atoms with Gasteiger partial charge < -0.3 is 5.11 Å². The molecule has 0 unspecified atom stereocenters. The molecular formula is C11H17NO2. The highest BCUT2D eigenvalue weighted by Gasteiger charge is 2.28. The molecule has 0 aromatic heterocycles. The monoisotopic (exact) mass is 195 g/mol. The number of rotatable bonds is 3. The lowest BCUT2D eigenvalue weighted by atomic mass is 9.86. The van der Waals surface area contributed by atoms with Gasteiger partial charge in [0.05, 0.1) is 0 Å². The van der Waals surface area contributed by atoms with Gasteiger partial charge in [-0.3, -0.25) is 9.79 Å². The van der Waals surface area contributed by atoms with E-state index in [4.69, 9.17) is 0 Å². The van der Waals surface area contributed by atoms with Crippen LogP contribution in [0.4, 0.5) is 0 Å². The van der Waals surface area contributed by atoms with Gasteiger partial charge in [-0.15, -0.1) is 0 Å². The summed E-state index contributed by atoms with van der Waals surface area (Å²) in [7, 11) is 0. The number of aliphatic hydroxyl groups excluding tert-OH is 1. The van der Waals surface area contributed by atoms with Crippen molar-refractivity contribution in [2.24, 2.45) is 10.4 Å². The Kier molecular flexibility index (Phi) is 3.21. The third-order valence-corrected chi connectivity index (χ3v) is 2.16. The fourth-order valence-corrected chi connectivity index (χ4v) is 1.34. The fraction of sp³-hybridized carbons (Fsp3) is 0.636. The van der Waals surface area contributed by atoms with Crippen molar-refractivity contribution in [3.63, 3.8) is 0 Å². The van der Waals surface area contributed by atoms with Gasteiger partial charge in [-0.1, -0.05) is 26.8 Å². The molecule has 0 amide bonds. The molecule has 0 spiro atoms. The average molecular weight is 195 g/mol. The summed E-state index contributed by atoms with van der Waals surface area (Å²) >= 11 is 0. The molecule has 1 aliphatic rings.